The molecule has 1 aliphatic heterocycles. The number of carbonyl (C=O) groups excluding carboxylic acids is 2. The van der Waals surface area contributed by atoms with Crippen molar-refractivity contribution in [3.8, 4) is 11.5 Å². The number of carbonyl (C=O) groups is 2. The Labute approximate surface area is 171 Å². The monoisotopic (exact) mass is 397 g/mol. The van der Waals surface area contributed by atoms with Crippen LogP contribution in [0.4, 0.5) is 16.2 Å². The van der Waals surface area contributed by atoms with Crippen LogP contribution >= 0.6 is 0 Å². The molecule has 2 aromatic carbocycles. The van der Waals surface area contributed by atoms with Crippen LogP contribution in [0, 0.1) is 5.92 Å². The van der Waals surface area contributed by atoms with E-state index in [1.165, 1.54) is 0 Å². The van der Waals surface area contributed by atoms with Crippen LogP contribution < -0.4 is 20.1 Å². The minimum Gasteiger partial charge on any atom is -0.486 e. The predicted molar refractivity (Wildman–Crippen MR) is 112 cm³/mol. The Kier molecular flexibility index (Phi) is 6.59. The lowest BCUT2D eigenvalue weighted by molar-refractivity contribution is -0.116. The number of rotatable bonds is 6. The van der Waals surface area contributed by atoms with Crippen LogP contribution in [0.25, 0.3) is 0 Å². The highest BCUT2D eigenvalue weighted by Gasteiger charge is 2.14. The number of amides is 3. The number of nitrogens with one attached hydrogen (secondary N) is 2. The summed E-state index contributed by atoms with van der Waals surface area (Å²) in [5, 5.41) is 5.71. The number of fused-ring (bicyclic) bond motifs is 1. The zero-order valence-electron chi connectivity index (χ0n) is 17.0. The minimum atomic E-state index is -0.225. The first kappa shape index (κ1) is 20.5. The maximum Gasteiger partial charge on any atom is 0.321 e. The van der Waals surface area contributed by atoms with Gasteiger partial charge in [-0.3, -0.25) is 4.79 Å². The van der Waals surface area contributed by atoms with Gasteiger partial charge in [0.15, 0.2) is 11.5 Å². The summed E-state index contributed by atoms with van der Waals surface area (Å²) in [4.78, 5) is 25.9. The zero-order valence-corrected chi connectivity index (χ0v) is 17.0. The SMILES string of the molecule is CC(C)CC(=O)Nc1ccc(NC(=O)N(C)Cc2ccc3c(c2)OCCO3)cc1. The highest BCUT2D eigenvalue weighted by molar-refractivity contribution is 5.92. The molecule has 0 aliphatic carbocycles. The molecule has 0 atom stereocenters. The number of ether oxygens (including phenoxy) is 2. The molecule has 1 heterocycles. The molecule has 3 amide bonds. The van der Waals surface area contributed by atoms with Gasteiger partial charge in [0.1, 0.15) is 13.2 Å². The van der Waals surface area contributed by atoms with Gasteiger partial charge in [-0.25, -0.2) is 4.79 Å². The molecular weight excluding hydrogens is 370 g/mol. The van der Waals surface area contributed by atoms with E-state index in [9.17, 15) is 9.59 Å². The van der Waals surface area contributed by atoms with Crippen molar-refractivity contribution in [2.75, 3.05) is 30.9 Å². The summed E-state index contributed by atoms with van der Waals surface area (Å²) < 4.78 is 11.1. The molecule has 1 aliphatic rings. The molecule has 0 radical (unpaired) electrons. The summed E-state index contributed by atoms with van der Waals surface area (Å²) in [6, 6.07) is 12.5. The molecular formula is C22H27N3O4. The van der Waals surface area contributed by atoms with Gasteiger partial charge in [-0.1, -0.05) is 19.9 Å². The van der Waals surface area contributed by atoms with Crippen molar-refractivity contribution < 1.29 is 19.1 Å². The summed E-state index contributed by atoms with van der Waals surface area (Å²) >= 11 is 0. The van der Waals surface area contributed by atoms with Crippen molar-refractivity contribution in [3.63, 3.8) is 0 Å². The van der Waals surface area contributed by atoms with Crippen molar-refractivity contribution >= 4 is 23.3 Å². The third-order valence-corrected chi connectivity index (χ3v) is 4.39. The molecule has 0 aromatic heterocycles. The average molecular weight is 397 g/mol. The van der Waals surface area contributed by atoms with Gasteiger partial charge in [0.05, 0.1) is 0 Å². The zero-order chi connectivity index (χ0) is 20.8. The van der Waals surface area contributed by atoms with Gasteiger partial charge in [0, 0.05) is 31.4 Å². The fourth-order valence-electron chi connectivity index (χ4n) is 2.97. The number of benzene rings is 2. The van der Waals surface area contributed by atoms with E-state index in [0.29, 0.717) is 49.2 Å². The van der Waals surface area contributed by atoms with E-state index in [2.05, 4.69) is 10.6 Å². The summed E-state index contributed by atoms with van der Waals surface area (Å²) in [5.41, 5.74) is 2.32. The molecule has 29 heavy (non-hydrogen) atoms. The van der Waals surface area contributed by atoms with E-state index >= 15 is 0 Å². The topological polar surface area (TPSA) is 79.9 Å². The molecule has 2 aromatic rings. The van der Waals surface area contributed by atoms with Crippen molar-refractivity contribution in [2.24, 2.45) is 5.92 Å². The molecule has 0 unspecified atom stereocenters. The molecule has 0 saturated carbocycles. The lowest BCUT2D eigenvalue weighted by atomic mass is 10.1. The summed E-state index contributed by atoms with van der Waals surface area (Å²) in [7, 11) is 1.73. The van der Waals surface area contributed by atoms with Gasteiger partial charge in [0.2, 0.25) is 5.91 Å². The molecule has 7 heteroatoms. The fourth-order valence-corrected chi connectivity index (χ4v) is 2.97. The number of urea groups is 1. The summed E-state index contributed by atoms with van der Waals surface area (Å²) in [6.45, 7) is 5.51. The summed E-state index contributed by atoms with van der Waals surface area (Å²) in [5.74, 6) is 1.72. The summed E-state index contributed by atoms with van der Waals surface area (Å²) in [6.07, 6.45) is 0.475. The molecule has 154 valence electrons. The maximum atomic E-state index is 12.5. The Morgan fingerprint density at radius 1 is 0.966 bits per heavy atom. The van der Waals surface area contributed by atoms with Crippen LogP contribution in [0.5, 0.6) is 11.5 Å². The Morgan fingerprint density at radius 3 is 2.24 bits per heavy atom. The van der Waals surface area contributed by atoms with E-state index in [-0.39, 0.29) is 11.9 Å². The second kappa shape index (κ2) is 9.32. The van der Waals surface area contributed by atoms with Gasteiger partial charge in [0.25, 0.3) is 0 Å². The lowest BCUT2D eigenvalue weighted by Crippen LogP contribution is -2.30. The fraction of sp³-hybridized carbons (Fsp3) is 0.364. The highest BCUT2D eigenvalue weighted by Crippen LogP contribution is 2.31. The van der Waals surface area contributed by atoms with Gasteiger partial charge >= 0.3 is 6.03 Å². The van der Waals surface area contributed by atoms with Crippen LogP contribution in [0.3, 0.4) is 0 Å². The standard InChI is InChI=1S/C22H27N3O4/c1-15(2)12-21(26)23-17-5-7-18(8-6-17)24-22(27)25(3)14-16-4-9-19-20(13-16)29-11-10-28-19/h4-9,13,15H,10-12,14H2,1-3H3,(H,23,26)(H,24,27). The predicted octanol–water partition coefficient (Wildman–Crippen LogP) is 4.11. The second-order valence-electron chi connectivity index (χ2n) is 7.49. The van der Waals surface area contributed by atoms with E-state index in [1.807, 2.05) is 32.0 Å². The molecule has 0 spiro atoms. The third kappa shape index (κ3) is 5.88. The van der Waals surface area contributed by atoms with Crippen molar-refractivity contribution in [2.45, 2.75) is 26.8 Å². The first-order valence-electron chi connectivity index (χ1n) is 9.71. The molecule has 3 rings (SSSR count). The largest absolute Gasteiger partial charge is 0.486 e. The molecule has 0 saturated heterocycles. The average Bonchev–Trinajstić information content (AvgIpc) is 2.68. The quantitative estimate of drug-likeness (QED) is 0.769. The highest BCUT2D eigenvalue weighted by atomic mass is 16.6. The molecule has 0 fully saturated rings. The molecule has 7 nitrogen and oxygen atoms in total. The Hall–Kier alpha value is -3.22. The molecule has 0 bridgehead atoms. The Bertz CT molecular complexity index is 865. The number of hydrogen-bond acceptors (Lipinski definition) is 4. The number of anilines is 2. The van der Waals surface area contributed by atoms with E-state index in [0.717, 1.165) is 11.3 Å². The third-order valence-electron chi connectivity index (χ3n) is 4.39. The first-order valence-corrected chi connectivity index (χ1v) is 9.71. The normalized spacial score (nSPS) is 12.4. The minimum absolute atomic E-state index is 0.0176. The van der Waals surface area contributed by atoms with Gasteiger partial charge in [-0.15, -0.1) is 0 Å². The van der Waals surface area contributed by atoms with Crippen LogP contribution in [-0.2, 0) is 11.3 Å². The number of nitrogens with zero attached hydrogens (tertiary/aromatic N) is 1. The molecule has 2 N–H and O–H groups in total. The lowest BCUT2D eigenvalue weighted by Gasteiger charge is -2.21. The van der Waals surface area contributed by atoms with E-state index in [4.69, 9.17) is 9.47 Å². The van der Waals surface area contributed by atoms with E-state index < -0.39 is 0 Å². The Morgan fingerprint density at radius 2 is 1.59 bits per heavy atom. The maximum absolute atomic E-state index is 12.5. The van der Waals surface area contributed by atoms with Crippen LogP contribution in [0.15, 0.2) is 42.5 Å². The van der Waals surface area contributed by atoms with Crippen molar-refractivity contribution in [1.82, 2.24) is 4.90 Å². The van der Waals surface area contributed by atoms with Gasteiger partial charge in [-0.2, -0.15) is 0 Å². The first-order chi connectivity index (χ1) is 13.9. The van der Waals surface area contributed by atoms with Gasteiger partial charge < -0.3 is 25.0 Å². The Balaban J connectivity index is 1.53. The van der Waals surface area contributed by atoms with Gasteiger partial charge in [-0.05, 0) is 47.9 Å². The van der Waals surface area contributed by atoms with Crippen molar-refractivity contribution in [1.29, 1.82) is 0 Å². The van der Waals surface area contributed by atoms with E-state index in [1.54, 1.807) is 36.2 Å². The van der Waals surface area contributed by atoms with Crippen LogP contribution in [-0.4, -0.2) is 37.1 Å². The smallest absolute Gasteiger partial charge is 0.321 e. The second-order valence-corrected chi connectivity index (χ2v) is 7.49. The number of hydrogen-bond donors (Lipinski definition) is 2. The van der Waals surface area contributed by atoms with Crippen molar-refractivity contribution in [3.05, 3.63) is 48.0 Å². The van der Waals surface area contributed by atoms with Crippen LogP contribution in [0.1, 0.15) is 25.8 Å². The van der Waals surface area contributed by atoms with Crippen LogP contribution in [0.2, 0.25) is 0 Å².